The smallest absolute Gasteiger partial charge is 0.316 e. The van der Waals surface area contributed by atoms with Crippen LogP contribution >= 0.6 is 23.2 Å². The summed E-state index contributed by atoms with van der Waals surface area (Å²) >= 11 is 8.85. The quantitative estimate of drug-likeness (QED) is 0.535. The third-order valence-corrected chi connectivity index (χ3v) is 1.39. The fraction of sp³-hybridized carbons (Fsp3) is 1.00. The molecule has 0 bridgehead atoms. The molecule has 0 aromatic rings. The second-order valence-corrected chi connectivity index (χ2v) is 2.58. The summed E-state index contributed by atoms with van der Waals surface area (Å²) in [6.07, 6.45) is -6.71. The van der Waals surface area contributed by atoms with Crippen LogP contribution in [0.25, 0.3) is 0 Å². The Morgan fingerprint density at radius 3 is 1.83 bits per heavy atom. The maximum absolute atomic E-state index is 11.9. The Hall–Kier alpha value is 0.190. The average Bonchev–Trinajstić information content (AvgIpc) is 1.85. The zero-order valence-corrected chi connectivity index (χ0v) is 6.80. The van der Waals surface area contributed by atoms with Crippen LogP contribution in [0.4, 0.5) is 22.0 Å². The molecule has 0 N–H and O–H groups in total. The molecule has 0 aliphatic carbocycles. The molecule has 0 rings (SSSR count). The van der Waals surface area contributed by atoms with Crippen LogP contribution < -0.4 is 0 Å². The fourth-order valence-corrected chi connectivity index (χ4v) is 0.400. The molecule has 2 unspecified atom stereocenters. The molecule has 12 heavy (non-hydrogen) atoms. The summed E-state index contributed by atoms with van der Waals surface area (Å²) < 4.78 is 61.5. The van der Waals surface area contributed by atoms with Gasteiger partial charge < -0.3 is 4.74 Å². The number of rotatable bonds is 4. The van der Waals surface area contributed by atoms with E-state index in [9.17, 15) is 22.0 Å². The van der Waals surface area contributed by atoms with Gasteiger partial charge in [0.05, 0.1) is 0 Å². The van der Waals surface area contributed by atoms with E-state index in [0.717, 1.165) is 0 Å². The standard InChI is InChI=1S/C4H3Cl2F5O/c5-3(4(6,10)11)12-2(9)1(7)8/h1-3H. The molecule has 0 aromatic heterocycles. The van der Waals surface area contributed by atoms with Gasteiger partial charge in [0.1, 0.15) is 0 Å². The molecule has 0 spiro atoms. The van der Waals surface area contributed by atoms with Gasteiger partial charge in [-0.1, -0.05) is 11.6 Å². The number of ether oxygens (including phenoxy) is 1. The summed E-state index contributed by atoms with van der Waals surface area (Å²) in [5, 5.41) is -4.08. The van der Waals surface area contributed by atoms with E-state index in [2.05, 4.69) is 27.9 Å². The third kappa shape index (κ3) is 4.27. The highest BCUT2D eigenvalue weighted by atomic mass is 35.5. The van der Waals surface area contributed by atoms with E-state index in [1.165, 1.54) is 0 Å². The number of alkyl halides is 7. The topological polar surface area (TPSA) is 9.23 Å². The van der Waals surface area contributed by atoms with Crippen LogP contribution in [0.15, 0.2) is 0 Å². The van der Waals surface area contributed by atoms with Crippen molar-refractivity contribution >= 4 is 23.2 Å². The van der Waals surface area contributed by atoms with Crippen molar-refractivity contribution in [2.45, 2.75) is 23.7 Å². The molecular weight excluding hydrogens is 230 g/mol. The summed E-state index contributed by atoms with van der Waals surface area (Å²) in [6.45, 7) is 0. The monoisotopic (exact) mass is 232 g/mol. The lowest BCUT2D eigenvalue weighted by molar-refractivity contribution is -0.171. The van der Waals surface area contributed by atoms with E-state index in [0.29, 0.717) is 0 Å². The Balaban J connectivity index is 3.93. The second-order valence-electron chi connectivity index (χ2n) is 1.68. The van der Waals surface area contributed by atoms with Crippen LogP contribution in [-0.4, -0.2) is 23.7 Å². The normalized spacial score (nSPS) is 18.0. The van der Waals surface area contributed by atoms with Gasteiger partial charge in [-0.15, -0.1) is 0 Å². The van der Waals surface area contributed by atoms with Gasteiger partial charge in [-0.2, -0.15) is 8.78 Å². The molecule has 0 aliphatic rings. The van der Waals surface area contributed by atoms with E-state index in [1.54, 1.807) is 0 Å². The minimum atomic E-state index is -4.08. The predicted octanol–water partition coefficient (Wildman–Crippen LogP) is 2.96. The Morgan fingerprint density at radius 1 is 1.17 bits per heavy atom. The minimum Gasteiger partial charge on any atom is -0.316 e. The maximum atomic E-state index is 11.9. The molecule has 1 nitrogen and oxygen atoms in total. The second kappa shape index (κ2) is 4.43. The molecule has 0 aromatic carbocycles. The first-order valence-corrected chi connectivity index (χ1v) is 3.35. The largest absolute Gasteiger partial charge is 0.361 e. The van der Waals surface area contributed by atoms with Crippen LogP contribution in [0, 0.1) is 0 Å². The van der Waals surface area contributed by atoms with E-state index < -0.39 is 23.7 Å². The van der Waals surface area contributed by atoms with Crippen LogP contribution in [0.3, 0.4) is 0 Å². The van der Waals surface area contributed by atoms with Crippen LogP contribution in [-0.2, 0) is 4.74 Å². The Kier molecular flexibility index (Phi) is 4.50. The Bertz CT molecular complexity index is 138. The van der Waals surface area contributed by atoms with Crippen LogP contribution in [0.1, 0.15) is 0 Å². The molecule has 2 atom stereocenters. The first-order valence-electron chi connectivity index (χ1n) is 2.53. The first-order chi connectivity index (χ1) is 5.25. The lowest BCUT2D eigenvalue weighted by atomic mass is 10.6. The van der Waals surface area contributed by atoms with Gasteiger partial charge in [0.25, 0.3) is 12.8 Å². The summed E-state index contributed by atoms with van der Waals surface area (Å²) in [5.74, 6) is 0. The lowest BCUT2D eigenvalue weighted by Gasteiger charge is -2.17. The van der Waals surface area contributed by atoms with Gasteiger partial charge in [0.15, 0.2) is 0 Å². The number of halogens is 7. The number of hydrogen-bond donors (Lipinski definition) is 0. The molecule has 0 radical (unpaired) electrons. The zero-order valence-electron chi connectivity index (χ0n) is 5.29. The fourth-order valence-electron chi connectivity index (χ4n) is 0.251. The molecule has 0 heterocycles. The molecular formula is C4H3Cl2F5O. The van der Waals surface area contributed by atoms with Crippen LogP contribution in [0.5, 0.6) is 0 Å². The Labute approximate surface area is 74.4 Å². The average molecular weight is 233 g/mol. The van der Waals surface area contributed by atoms with Crippen molar-refractivity contribution in [3.05, 3.63) is 0 Å². The molecule has 0 aliphatic heterocycles. The Morgan fingerprint density at radius 2 is 1.58 bits per heavy atom. The van der Waals surface area contributed by atoms with Crippen molar-refractivity contribution < 1.29 is 26.7 Å². The van der Waals surface area contributed by atoms with Gasteiger partial charge in [-0.3, -0.25) is 0 Å². The van der Waals surface area contributed by atoms with Crippen molar-refractivity contribution in [1.82, 2.24) is 0 Å². The molecule has 0 fully saturated rings. The molecule has 8 heteroatoms. The van der Waals surface area contributed by atoms with Crippen molar-refractivity contribution in [3.63, 3.8) is 0 Å². The van der Waals surface area contributed by atoms with Gasteiger partial charge in [-0.05, 0) is 11.6 Å². The van der Waals surface area contributed by atoms with Crippen molar-refractivity contribution in [2.24, 2.45) is 0 Å². The summed E-state index contributed by atoms with van der Waals surface area (Å²) in [4.78, 5) is 0. The zero-order chi connectivity index (χ0) is 9.94. The lowest BCUT2D eigenvalue weighted by Crippen LogP contribution is -2.31. The number of hydrogen-bond acceptors (Lipinski definition) is 1. The molecule has 0 saturated heterocycles. The van der Waals surface area contributed by atoms with Gasteiger partial charge in [0.2, 0.25) is 5.56 Å². The van der Waals surface area contributed by atoms with Gasteiger partial charge in [0, 0.05) is 0 Å². The van der Waals surface area contributed by atoms with Gasteiger partial charge in [-0.25, -0.2) is 13.2 Å². The summed E-state index contributed by atoms with van der Waals surface area (Å²) in [6, 6.07) is 0. The highest BCUT2D eigenvalue weighted by Crippen LogP contribution is 2.30. The summed E-state index contributed by atoms with van der Waals surface area (Å²) in [5.41, 5.74) is -2.62. The maximum Gasteiger partial charge on any atom is 0.361 e. The van der Waals surface area contributed by atoms with E-state index in [-0.39, 0.29) is 0 Å². The molecule has 0 amide bonds. The highest BCUT2D eigenvalue weighted by Gasteiger charge is 2.40. The van der Waals surface area contributed by atoms with Crippen molar-refractivity contribution in [2.75, 3.05) is 0 Å². The van der Waals surface area contributed by atoms with Crippen LogP contribution in [0.2, 0.25) is 0 Å². The molecule has 0 saturated carbocycles. The van der Waals surface area contributed by atoms with E-state index in [4.69, 9.17) is 0 Å². The van der Waals surface area contributed by atoms with Gasteiger partial charge >= 0.3 is 5.38 Å². The van der Waals surface area contributed by atoms with E-state index >= 15 is 0 Å². The third-order valence-electron chi connectivity index (χ3n) is 0.705. The van der Waals surface area contributed by atoms with E-state index in [1.807, 2.05) is 0 Å². The van der Waals surface area contributed by atoms with Crippen molar-refractivity contribution in [1.29, 1.82) is 0 Å². The minimum absolute atomic E-state index is 2.62. The first kappa shape index (κ1) is 12.2. The SMILES string of the molecule is FC(F)C(F)OC(Cl)C(F)(F)Cl. The summed E-state index contributed by atoms with van der Waals surface area (Å²) in [7, 11) is 0. The highest BCUT2D eigenvalue weighted by molar-refractivity contribution is 6.30. The molecule has 74 valence electrons. The predicted molar refractivity (Wildman–Crippen MR) is 32.4 cm³/mol. The van der Waals surface area contributed by atoms with Crippen molar-refractivity contribution in [3.8, 4) is 0 Å².